The van der Waals surface area contributed by atoms with Crippen LogP contribution in [0.3, 0.4) is 0 Å². The van der Waals surface area contributed by atoms with Crippen molar-refractivity contribution in [1.82, 2.24) is 9.47 Å². The fraction of sp³-hybridized carbons (Fsp3) is 0.0877. The molecule has 1 N–H and O–H groups in total. The Bertz CT molecular complexity index is 3240. The van der Waals surface area contributed by atoms with Gasteiger partial charge in [0.25, 0.3) is 0 Å². The van der Waals surface area contributed by atoms with E-state index in [4.69, 9.17) is 4.99 Å². The van der Waals surface area contributed by atoms with Gasteiger partial charge in [0.1, 0.15) is 5.84 Å². The highest BCUT2D eigenvalue weighted by atomic mass is 15.2. The van der Waals surface area contributed by atoms with E-state index >= 15 is 0 Å². The molecule has 1 aromatic heterocycles. The number of hydrogen-bond donors (Lipinski definition) is 1. The molecular weight excluding hydrogens is 755 g/mol. The summed E-state index contributed by atoms with van der Waals surface area (Å²) in [6, 6.07) is 70.9. The maximum atomic E-state index is 10.9. The zero-order valence-electron chi connectivity index (χ0n) is 34.8. The molecule has 8 aromatic carbocycles. The fourth-order valence-electron chi connectivity index (χ4n) is 10.1. The first kappa shape index (κ1) is 37.1. The van der Waals surface area contributed by atoms with Crippen LogP contribution in [0.25, 0.3) is 55.4 Å². The third kappa shape index (κ3) is 5.79. The second kappa shape index (κ2) is 14.7. The van der Waals surface area contributed by atoms with Gasteiger partial charge in [-0.2, -0.15) is 5.26 Å². The largest absolute Gasteiger partial charge is 0.355 e. The van der Waals surface area contributed by atoms with Crippen LogP contribution in [0.1, 0.15) is 47.7 Å². The topological polar surface area (TPSA) is 56.4 Å². The predicted molar refractivity (Wildman–Crippen MR) is 256 cm³/mol. The zero-order valence-corrected chi connectivity index (χ0v) is 34.8. The molecule has 0 saturated carbocycles. The van der Waals surface area contributed by atoms with E-state index < -0.39 is 0 Å². The van der Waals surface area contributed by atoms with Gasteiger partial charge in [0.15, 0.2) is 0 Å². The van der Waals surface area contributed by atoms with Crippen LogP contribution in [-0.4, -0.2) is 22.4 Å². The van der Waals surface area contributed by atoms with Gasteiger partial charge < -0.3 is 14.8 Å². The molecule has 62 heavy (non-hydrogen) atoms. The average Bonchev–Trinajstić information content (AvgIpc) is 3.65. The van der Waals surface area contributed by atoms with Crippen LogP contribution in [0.2, 0.25) is 0 Å². The lowest BCUT2D eigenvalue weighted by molar-refractivity contribution is 0.423. The number of rotatable bonds is 6. The minimum Gasteiger partial charge on any atom is -0.355 e. The van der Waals surface area contributed by atoms with Crippen LogP contribution in [0.5, 0.6) is 0 Å². The summed E-state index contributed by atoms with van der Waals surface area (Å²) >= 11 is 0. The molecular formula is C57H43N5. The zero-order chi connectivity index (χ0) is 42.0. The number of aromatic nitrogens is 1. The lowest BCUT2D eigenvalue weighted by Gasteiger charge is -2.36. The molecule has 2 aliphatic rings. The summed E-state index contributed by atoms with van der Waals surface area (Å²) in [6.07, 6.45) is 0. The van der Waals surface area contributed by atoms with Gasteiger partial charge in [0.2, 0.25) is 0 Å². The number of fused-ring (bicyclic) bond motifs is 6. The maximum absolute atomic E-state index is 10.9. The van der Waals surface area contributed by atoms with E-state index in [1.54, 1.807) is 0 Å². The summed E-state index contributed by atoms with van der Waals surface area (Å²) in [5.74, 6) is 0.792. The third-order valence-electron chi connectivity index (χ3n) is 12.8. The molecule has 0 fully saturated rings. The molecule has 3 heterocycles. The Balaban J connectivity index is 1.24. The number of likely N-dealkylation sites (N-methyl/N-ethyl adjacent to an activating group) is 1. The van der Waals surface area contributed by atoms with Crippen LogP contribution >= 0.6 is 0 Å². The molecule has 0 saturated heterocycles. The average molecular weight is 798 g/mol. The Kier molecular flexibility index (Phi) is 8.77. The number of aliphatic imine (C=N–C) groups is 1. The summed E-state index contributed by atoms with van der Waals surface area (Å²) in [7, 11) is 2.07. The number of nitrogens with one attached hydrogen (secondary N) is 1. The Morgan fingerprint density at radius 3 is 1.79 bits per heavy atom. The third-order valence-corrected chi connectivity index (χ3v) is 12.8. The van der Waals surface area contributed by atoms with E-state index in [0.717, 1.165) is 72.9 Å². The van der Waals surface area contributed by atoms with Gasteiger partial charge in [-0.3, -0.25) is 0 Å². The van der Waals surface area contributed by atoms with Crippen LogP contribution in [0, 0.1) is 11.3 Å². The van der Waals surface area contributed by atoms with Gasteiger partial charge in [-0.1, -0.05) is 172 Å². The Morgan fingerprint density at radius 1 is 0.581 bits per heavy atom. The van der Waals surface area contributed by atoms with Crippen molar-refractivity contribution >= 4 is 44.7 Å². The Morgan fingerprint density at radius 2 is 1.15 bits per heavy atom. The number of anilines is 2. The van der Waals surface area contributed by atoms with E-state index in [-0.39, 0.29) is 11.5 Å². The van der Waals surface area contributed by atoms with Crippen LogP contribution in [0.15, 0.2) is 205 Å². The van der Waals surface area contributed by atoms with Crippen LogP contribution in [-0.2, 0) is 5.41 Å². The van der Waals surface area contributed by atoms with Gasteiger partial charge in [0, 0.05) is 56.9 Å². The Hall–Kier alpha value is -7.94. The van der Waals surface area contributed by atoms with E-state index in [0.29, 0.717) is 11.3 Å². The van der Waals surface area contributed by atoms with E-state index in [1.165, 1.54) is 21.9 Å². The smallest absolute Gasteiger partial charge is 0.137 e. The normalized spacial score (nSPS) is 15.4. The molecule has 2 aliphatic heterocycles. The van der Waals surface area contributed by atoms with Crippen LogP contribution in [0.4, 0.5) is 11.4 Å². The summed E-state index contributed by atoms with van der Waals surface area (Å²) in [5.41, 5.74) is 16.5. The van der Waals surface area contributed by atoms with E-state index in [1.807, 2.05) is 48.5 Å². The SMILES string of the molecule is CN1C(c2cc(-c3ccccc3)c(-n3c4ccccc4c4c5c(ccc43)Nc3ccccc3C5(C)C)c(-c3ccccc3)c2)=NC(c2ccccc2)=C(C#N)C1c1ccccc1. The van der Waals surface area contributed by atoms with Gasteiger partial charge in [0.05, 0.1) is 40.1 Å². The van der Waals surface area contributed by atoms with Crippen molar-refractivity contribution in [1.29, 1.82) is 5.26 Å². The number of benzene rings is 8. The molecule has 0 bridgehead atoms. The molecule has 1 atom stereocenters. The second-order valence-electron chi connectivity index (χ2n) is 16.8. The summed E-state index contributed by atoms with van der Waals surface area (Å²) in [4.78, 5) is 7.64. The van der Waals surface area contributed by atoms with Gasteiger partial charge >= 0.3 is 0 Å². The van der Waals surface area contributed by atoms with Crippen molar-refractivity contribution in [2.24, 2.45) is 4.99 Å². The number of nitrogens with zero attached hydrogens (tertiary/aromatic N) is 4. The van der Waals surface area contributed by atoms with Crippen molar-refractivity contribution in [2.45, 2.75) is 25.3 Å². The minimum absolute atomic E-state index is 0.273. The fourth-order valence-corrected chi connectivity index (χ4v) is 10.1. The molecule has 0 spiro atoms. The first-order valence-electron chi connectivity index (χ1n) is 21.2. The van der Waals surface area contributed by atoms with E-state index in [9.17, 15) is 5.26 Å². The van der Waals surface area contributed by atoms with Crippen molar-refractivity contribution in [3.63, 3.8) is 0 Å². The molecule has 0 amide bonds. The van der Waals surface area contributed by atoms with Crippen molar-refractivity contribution < 1.29 is 0 Å². The summed E-state index contributed by atoms with van der Waals surface area (Å²) in [5, 5.41) is 17.1. The number of nitriles is 1. The monoisotopic (exact) mass is 797 g/mol. The standard InChI is InChI=1S/C57H43N5/c1-57(2)46-29-17-18-30-47(46)59-48-32-33-50-51(52(48)57)42-28-16-19-31-49(42)62(50)55-43(37-20-8-4-9-21-37)34-41(35-44(55)38-22-10-5-11-23-38)56-60-53(39-24-12-6-13-25-39)45(36-58)54(61(56)3)40-26-14-7-15-27-40/h4-35,54,59H,1-3H3. The summed E-state index contributed by atoms with van der Waals surface area (Å²) in [6.45, 7) is 4.72. The van der Waals surface area contributed by atoms with Gasteiger partial charge in [-0.05, 0) is 64.2 Å². The van der Waals surface area contributed by atoms with Gasteiger partial charge in [-0.25, -0.2) is 4.99 Å². The lowest BCUT2D eigenvalue weighted by Crippen LogP contribution is -2.36. The first-order valence-corrected chi connectivity index (χ1v) is 21.2. The minimum atomic E-state index is -0.352. The molecule has 9 aromatic rings. The first-order chi connectivity index (χ1) is 30.4. The molecule has 11 rings (SSSR count). The Labute approximate surface area is 362 Å². The van der Waals surface area contributed by atoms with E-state index in [2.05, 4.69) is 187 Å². The van der Waals surface area contributed by atoms with Crippen molar-refractivity contribution in [3.05, 3.63) is 228 Å². The molecule has 1 unspecified atom stereocenters. The number of amidine groups is 1. The second-order valence-corrected chi connectivity index (χ2v) is 16.8. The van der Waals surface area contributed by atoms with Gasteiger partial charge in [-0.15, -0.1) is 0 Å². The number of para-hydroxylation sites is 2. The molecule has 5 heteroatoms. The highest BCUT2D eigenvalue weighted by molar-refractivity contribution is 6.15. The molecule has 0 aliphatic carbocycles. The summed E-state index contributed by atoms with van der Waals surface area (Å²) < 4.78 is 2.50. The predicted octanol–water partition coefficient (Wildman–Crippen LogP) is 13.9. The molecule has 296 valence electrons. The lowest BCUT2D eigenvalue weighted by atomic mass is 9.73. The maximum Gasteiger partial charge on any atom is 0.137 e. The number of hydrogen-bond acceptors (Lipinski definition) is 4. The molecule has 5 nitrogen and oxygen atoms in total. The quantitative estimate of drug-likeness (QED) is 0.182. The highest BCUT2D eigenvalue weighted by Crippen LogP contribution is 2.52. The van der Waals surface area contributed by atoms with Crippen LogP contribution < -0.4 is 5.32 Å². The van der Waals surface area contributed by atoms with Crippen molar-refractivity contribution in [2.75, 3.05) is 12.4 Å². The highest BCUT2D eigenvalue weighted by Gasteiger charge is 2.37. The van der Waals surface area contributed by atoms with Crippen molar-refractivity contribution in [3.8, 4) is 34.0 Å². The molecule has 0 radical (unpaired) electrons.